The van der Waals surface area contributed by atoms with Gasteiger partial charge in [0.05, 0.1) is 0 Å². The summed E-state index contributed by atoms with van der Waals surface area (Å²) in [6.07, 6.45) is 0.597. The first-order valence-corrected chi connectivity index (χ1v) is 5.85. The number of rotatable bonds is 4. The fourth-order valence-corrected chi connectivity index (χ4v) is 2.28. The number of nitrogens with two attached hydrogens (primary N) is 1. The van der Waals surface area contributed by atoms with Crippen LogP contribution >= 0.6 is 11.6 Å². The van der Waals surface area contributed by atoms with Gasteiger partial charge in [-0.1, -0.05) is 36.7 Å². The Balaban J connectivity index is 3.28. The van der Waals surface area contributed by atoms with Gasteiger partial charge in [0, 0.05) is 22.6 Å². The Morgan fingerprint density at radius 1 is 1.25 bits per heavy atom. The molecule has 2 nitrogen and oxygen atoms in total. The zero-order valence-corrected chi connectivity index (χ0v) is 10.9. The first-order valence-electron chi connectivity index (χ1n) is 5.47. The van der Waals surface area contributed by atoms with E-state index >= 15 is 0 Å². The number of aliphatic hydroxyl groups excluding tert-OH is 1. The maximum Gasteiger partial charge on any atom is 0.0444 e. The Hall–Kier alpha value is -0.570. The highest BCUT2D eigenvalue weighted by Crippen LogP contribution is 2.39. The summed E-state index contributed by atoms with van der Waals surface area (Å²) in [5.74, 6) is 0. The first-order chi connectivity index (χ1) is 7.33. The van der Waals surface area contributed by atoms with E-state index in [1.54, 1.807) is 0 Å². The third-order valence-electron chi connectivity index (χ3n) is 3.50. The smallest absolute Gasteiger partial charge is 0.0444 e. The lowest BCUT2D eigenvalue weighted by Gasteiger charge is -2.42. The van der Waals surface area contributed by atoms with E-state index in [1.807, 2.05) is 45.0 Å². The van der Waals surface area contributed by atoms with Crippen LogP contribution in [-0.2, 0) is 5.41 Å². The van der Waals surface area contributed by atoms with Crippen molar-refractivity contribution in [1.29, 1.82) is 0 Å². The molecule has 0 bridgehead atoms. The summed E-state index contributed by atoms with van der Waals surface area (Å²) in [5.41, 5.74) is 6.45. The highest BCUT2D eigenvalue weighted by Gasteiger charge is 2.40. The van der Waals surface area contributed by atoms with Crippen LogP contribution in [0.15, 0.2) is 24.3 Å². The topological polar surface area (TPSA) is 46.2 Å². The second kappa shape index (κ2) is 4.74. The van der Waals surface area contributed by atoms with Crippen LogP contribution in [0.2, 0.25) is 5.02 Å². The average Bonchev–Trinajstić information content (AvgIpc) is 2.16. The Kier molecular flexibility index (Phi) is 4.00. The van der Waals surface area contributed by atoms with E-state index in [-0.39, 0.29) is 12.0 Å². The van der Waals surface area contributed by atoms with Crippen molar-refractivity contribution in [2.24, 2.45) is 5.73 Å². The van der Waals surface area contributed by atoms with Gasteiger partial charge in [0.25, 0.3) is 0 Å². The molecule has 1 aromatic rings. The quantitative estimate of drug-likeness (QED) is 0.852. The number of hydrogen-bond acceptors (Lipinski definition) is 2. The van der Waals surface area contributed by atoms with Crippen molar-refractivity contribution in [3.05, 3.63) is 34.9 Å². The van der Waals surface area contributed by atoms with Gasteiger partial charge in [-0.3, -0.25) is 0 Å². The molecule has 0 saturated carbocycles. The second-order valence-electron chi connectivity index (χ2n) is 5.01. The van der Waals surface area contributed by atoms with Crippen molar-refractivity contribution in [3.63, 3.8) is 0 Å². The molecule has 1 unspecified atom stereocenters. The minimum absolute atomic E-state index is 0.0996. The molecule has 0 fully saturated rings. The summed E-state index contributed by atoms with van der Waals surface area (Å²) in [7, 11) is 0. The van der Waals surface area contributed by atoms with E-state index in [4.69, 9.17) is 17.3 Å². The average molecular weight is 242 g/mol. The van der Waals surface area contributed by atoms with E-state index in [1.165, 1.54) is 0 Å². The van der Waals surface area contributed by atoms with Crippen LogP contribution in [0.25, 0.3) is 0 Å². The monoisotopic (exact) mass is 241 g/mol. The largest absolute Gasteiger partial charge is 0.396 e. The molecule has 1 rings (SSSR count). The molecule has 1 aromatic carbocycles. The van der Waals surface area contributed by atoms with E-state index in [9.17, 15) is 5.11 Å². The van der Waals surface area contributed by atoms with E-state index in [0.717, 1.165) is 5.56 Å². The highest BCUT2D eigenvalue weighted by atomic mass is 35.5. The lowest BCUT2D eigenvalue weighted by molar-refractivity contribution is 0.190. The van der Waals surface area contributed by atoms with Crippen molar-refractivity contribution < 1.29 is 5.11 Å². The Morgan fingerprint density at radius 2 is 1.81 bits per heavy atom. The molecule has 3 N–H and O–H groups in total. The minimum atomic E-state index is -0.444. The van der Waals surface area contributed by atoms with Crippen LogP contribution in [0.4, 0.5) is 0 Å². The molecule has 0 spiro atoms. The number of benzene rings is 1. The van der Waals surface area contributed by atoms with Crippen molar-refractivity contribution in [1.82, 2.24) is 0 Å². The molecule has 1 atom stereocenters. The second-order valence-corrected chi connectivity index (χ2v) is 5.41. The third kappa shape index (κ3) is 2.40. The number of hydrogen-bond donors (Lipinski definition) is 2. The van der Waals surface area contributed by atoms with Gasteiger partial charge in [0.2, 0.25) is 0 Å². The van der Waals surface area contributed by atoms with Gasteiger partial charge >= 0.3 is 0 Å². The van der Waals surface area contributed by atoms with Crippen LogP contribution < -0.4 is 5.73 Å². The molecular formula is C13H20ClNO. The predicted molar refractivity (Wildman–Crippen MR) is 68.8 cm³/mol. The summed E-state index contributed by atoms with van der Waals surface area (Å²) < 4.78 is 0. The SMILES string of the molecule is CC(C)(N)C(C)(CCO)c1ccccc1Cl. The summed E-state index contributed by atoms with van der Waals surface area (Å²) in [4.78, 5) is 0. The van der Waals surface area contributed by atoms with E-state index < -0.39 is 5.54 Å². The summed E-state index contributed by atoms with van der Waals surface area (Å²) in [5, 5.41) is 9.92. The highest BCUT2D eigenvalue weighted by molar-refractivity contribution is 6.31. The molecule has 0 heterocycles. The number of halogens is 1. The molecule has 0 saturated heterocycles. The fourth-order valence-electron chi connectivity index (χ4n) is 1.94. The van der Waals surface area contributed by atoms with Crippen molar-refractivity contribution in [3.8, 4) is 0 Å². The maximum absolute atomic E-state index is 9.22. The van der Waals surface area contributed by atoms with Crippen molar-refractivity contribution >= 4 is 11.6 Å². The maximum atomic E-state index is 9.22. The molecule has 0 aliphatic heterocycles. The fraction of sp³-hybridized carbons (Fsp3) is 0.538. The zero-order valence-electron chi connectivity index (χ0n) is 10.1. The minimum Gasteiger partial charge on any atom is -0.396 e. The van der Waals surface area contributed by atoms with Gasteiger partial charge < -0.3 is 10.8 Å². The van der Waals surface area contributed by atoms with Crippen LogP contribution in [0.1, 0.15) is 32.8 Å². The van der Waals surface area contributed by atoms with Crippen molar-refractivity contribution in [2.75, 3.05) is 6.61 Å². The van der Waals surface area contributed by atoms with E-state index in [0.29, 0.717) is 11.4 Å². The molecule has 0 aliphatic rings. The van der Waals surface area contributed by atoms with Crippen molar-refractivity contribution in [2.45, 2.75) is 38.1 Å². The number of aliphatic hydroxyl groups is 1. The van der Waals surface area contributed by atoms with Gasteiger partial charge in [0.1, 0.15) is 0 Å². The summed E-state index contributed by atoms with van der Waals surface area (Å²) in [6, 6.07) is 7.68. The molecule has 3 heteroatoms. The Morgan fingerprint density at radius 3 is 2.25 bits per heavy atom. The molecule has 0 amide bonds. The van der Waals surface area contributed by atoms with Gasteiger partial charge in [-0.2, -0.15) is 0 Å². The molecule has 90 valence electrons. The van der Waals surface area contributed by atoms with Crippen LogP contribution in [0.5, 0.6) is 0 Å². The van der Waals surface area contributed by atoms with Gasteiger partial charge in [-0.25, -0.2) is 0 Å². The van der Waals surface area contributed by atoms with Crippen LogP contribution in [0.3, 0.4) is 0 Å². The lowest BCUT2D eigenvalue weighted by Crippen LogP contribution is -2.52. The molecule has 16 heavy (non-hydrogen) atoms. The Labute approximate surface area is 102 Å². The Bertz CT molecular complexity index is 359. The first kappa shape index (κ1) is 13.5. The van der Waals surface area contributed by atoms with Gasteiger partial charge in [-0.05, 0) is 31.9 Å². The van der Waals surface area contributed by atoms with E-state index in [2.05, 4.69) is 0 Å². The zero-order chi connectivity index (χ0) is 12.4. The molecule has 0 radical (unpaired) electrons. The molecular weight excluding hydrogens is 222 g/mol. The van der Waals surface area contributed by atoms with Crippen LogP contribution in [-0.4, -0.2) is 17.3 Å². The lowest BCUT2D eigenvalue weighted by atomic mass is 9.67. The van der Waals surface area contributed by atoms with Gasteiger partial charge in [-0.15, -0.1) is 0 Å². The summed E-state index contributed by atoms with van der Waals surface area (Å²) in [6.45, 7) is 6.07. The van der Waals surface area contributed by atoms with Crippen LogP contribution in [0, 0.1) is 0 Å². The third-order valence-corrected chi connectivity index (χ3v) is 3.83. The van der Waals surface area contributed by atoms with Gasteiger partial charge in [0.15, 0.2) is 0 Å². The molecule has 0 aliphatic carbocycles. The summed E-state index contributed by atoms with van der Waals surface area (Å²) >= 11 is 6.21. The molecule has 0 aromatic heterocycles. The normalized spacial score (nSPS) is 15.9. The predicted octanol–water partition coefficient (Wildman–Crippen LogP) is 2.72. The standard InChI is InChI=1S/C13H20ClNO/c1-12(2,15)13(3,8-9-16)10-6-4-5-7-11(10)14/h4-7,16H,8-9,15H2,1-3H3.